The molecule has 0 atom stereocenters. The molecule has 0 aliphatic carbocycles. The lowest BCUT2D eigenvalue weighted by atomic mass is 10.1. The normalized spacial score (nSPS) is 15.6. The third-order valence-electron chi connectivity index (χ3n) is 4.62. The highest BCUT2D eigenvalue weighted by atomic mass is 79.9. The van der Waals surface area contributed by atoms with Gasteiger partial charge in [0.1, 0.15) is 0 Å². The SMILES string of the molecule is CCN1CCN(c2ccc(NC(=O)/C=C/c3ccc(Br)s3)cc2C)CC1. The molecule has 1 saturated heterocycles. The lowest BCUT2D eigenvalue weighted by Gasteiger charge is -2.36. The molecule has 0 saturated carbocycles. The minimum Gasteiger partial charge on any atom is -0.369 e. The average molecular weight is 434 g/mol. The lowest BCUT2D eigenvalue weighted by Crippen LogP contribution is -2.46. The summed E-state index contributed by atoms with van der Waals surface area (Å²) >= 11 is 5.02. The van der Waals surface area contributed by atoms with E-state index in [9.17, 15) is 4.79 Å². The molecule has 0 spiro atoms. The van der Waals surface area contributed by atoms with Crippen LogP contribution >= 0.6 is 27.3 Å². The van der Waals surface area contributed by atoms with Gasteiger partial charge < -0.3 is 15.1 Å². The fraction of sp³-hybridized carbons (Fsp3) is 0.350. The van der Waals surface area contributed by atoms with Crippen LogP contribution in [-0.2, 0) is 4.79 Å². The summed E-state index contributed by atoms with van der Waals surface area (Å²) in [7, 11) is 0. The monoisotopic (exact) mass is 433 g/mol. The molecular weight excluding hydrogens is 410 g/mol. The summed E-state index contributed by atoms with van der Waals surface area (Å²) in [6, 6.07) is 10.1. The highest BCUT2D eigenvalue weighted by Crippen LogP contribution is 2.25. The zero-order valence-corrected chi connectivity index (χ0v) is 17.6. The molecule has 0 radical (unpaired) electrons. The number of aryl methyl sites for hydroxylation is 1. The Hall–Kier alpha value is -1.63. The minimum atomic E-state index is -0.113. The molecule has 1 amide bonds. The summed E-state index contributed by atoms with van der Waals surface area (Å²) in [5, 5.41) is 2.95. The second-order valence-corrected chi connectivity index (χ2v) is 8.88. The molecule has 6 heteroatoms. The van der Waals surface area contributed by atoms with Crippen LogP contribution in [0.2, 0.25) is 0 Å². The Balaban J connectivity index is 1.60. The smallest absolute Gasteiger partial charge is 0.248 e. The molecule has 1 aliphatic rings. The van der Waals surface area contributed by atoms with Crippen molar-refractivity contribution < 1.29 is 4.79 Å². The van der Waals surface area contributed by atoms with Crippen molar-refractivity contribution in [2.24, 2.45) is 0 Å². The molecule has 2 aromatic rings. The minimum absolute atomic E-state index is 0.113. The predicted molar refractivity (Wildman–Crippen MR) is 115 cm³/mol. The van der Waals surface area contributed by atoms with Crippen molar-refractivity contribution in [3.63, 3.8) is 0 Å². The molecule has 0 bridgehead atoms. The van der Waals surface area contributed by atoms with E-state index < -0.39 is 0 Å². The van der Waals surface area contributed by atoms with Crippen molar-refractivity contribution in [3.8, 4) is 0 Å². The summed E-state index contributed by atoms with van der Waals surface area (Å²) in [5.74, 6) is -0.113. The van der Waals surface area contributed by atoms with E-state index in [0.29, 0.717) is 0 Å². The van der Waals surface area contributed by atoms with Crippen LogP contribution < -0.4 is 10.2 Å². The van der Waals surface area contributed by atoms with Gasteiger partial charge in [0.2, 0.25) is 5.91 Å². The molecule has 26 heavy (non-hydrogen) atoms. The molecule has 1 aromatic heterocycles. The van der Waals surface area contributed by atoms with Crippen LogP contribution in [0.3, 0.4) is 0 Å². The number of anilines is 2. The first-order valence-electron chi connectivity index (χ1n) is 8.87. The zero-order valence-electron chi connectivity index (χ0n) is 15.2. The number of nitrogens with zero attached hydrogens (tertiary/aromatic N) is 2. The van der Waals surface area contributed by atoms with E-state index in [1.165, 1.54) is 11.3 Å². The number of nitrogens with one attached hydrogen (secondary N) is 1. The van der Waals surface area contributed by atoms with Crippen LogP contribution in [-0.4, -0.2) is 43.5 Å². The van der Waals surface area contributed by atoms with Crippen molar-refractivity contribution >= 4 is 50.6 Å². The number of thiophene rings is 1. The quantitative estimate of drug-likeness (QED) is 0.698. The summed E-state index contributed by atoms with van der Waals surface area (Å²) < 4.78 is 1.06. The van der Waals surface area contributed by atoms with Gasteiger partial charge in [0, 0.05) is 48.5 Å². The summed E-state index contributed by atoms with van der Waals surface area (Å²) in [6.07, 6.45) is 3.41. The molecule has 3 rings (SSSR count). The van der Waals surface area contributed by atoms with E-state index in [1.54, 1.807) is 17.4 Å². The van der Waals surface area contributed by atoms with Crippen LogP contribution in [0.5, 0.6) is 0 Å². The zero-order chi connectivity index (χ0) is 18.5. The molecule has 2 heterocycles. The van der Waals surface area contributed by atoms with Gasteiger partial charge in [-0.15, -0.1) is 11.3 Å². The van der Waals surface area contributed by atoms with Crippen LogP contribution in [0.25, 0.3) is 6.08 Å². The lowest BCUT2D eigenvalue weighted by molar-refractivity contribution is -0.111. The van der Waals surface area contributed by atoms with E-state index in [0.717, 1.165) is 47.1 Å². The molecule has 138 valence electrons. The van der Waals surface area contributed by atoms with Gasteiger partial charge in [-0.05, 0) is 71.4 Å². The van der Waals surface area contributed by atoms with E-state index in [4.69, 9.17) is 0 Å². The molecule has 1 aliphatic heterocycles. The maximum absolute atomic E-state index is 12.1. The molecule has 0 unspecified atom stereocenters. The van der Waals surface area contributed by atoms with Crippen LogP contribution in [0.4, 0.5) is 11.4 Å². The molecule has 1 N–H and O–H groups in total. The first-order chi connectivity index (χ1) is 12.5. The third-order valence-corrected chi connectivity index (χ3v) is 6.21. The Bertz CT molecular complexity index is 794. The van der Waals surface area contributed by atoms with Gasteiger partial charge in [0.15, 0.2) is 0 Å². The molecule has 4 nitrogen and oxygen atoms in total. The Morgan fingerprint density at radius 1 is 1.23 bits per heavy atom. The number of rotatable bonds is 5. The van der Waals surface area contributed by atoms with Gasteiger partial charge in [-0.2, -0.15) is 0 Å². The van der Waals surface area contributed by atoms with Crippen molar-refractivity contribution in [2.45, 2.75) is 13.8 Å². The Labute approximate surface area is 167 Å². The summed E-state index contributed by atoms with van der Waals surface area (Å²) in [4.78, 5) is 18.1. The standard InChI is InChI=1S/C20H24BrN3OS/c1-3-23-10-12-24(13-11-23)18-7-4-16(14-15(18)2)22-20(25)9-6-17-5-8-19(21)26-17/h4-9,14H,3,10-13H2,1-2H3,(H,22,25)/b9-6+. The number of piperazine rings is 1. The first-order valence-corrected chi connectivity index (χ1v) is 10.5. The van der Waals surface area contributed by atoms with E-state index >= 15 is 0 Å². The molecule has 1 fully saturated rings. The van der Waals surface area contributed by atoms with Crippen LogP contribution in [0.15, 0.2) is 40.2 Å². The number of carbonyl (C=O) groups is 1. The largest absolute Gasteiger partial charge is 0.369 e. The number of benzene rings is 1. The predicted octanol–water partition coefficient (Wildman–Crippen LogP) is 4.61. The number of carbonyl (C=O) groups excluding carboxylic acids is 1. The van der Waals surface area contributed by atoms with Crippen molar-refractivity contribution in [1.29, 1.82) is 0 Å². The number of hydrogen-bond donors (Lipinski definition) is 1. The fourth-order valence-electron chi connectivity index (χ4n) is 3.15. The van der Waals surface area contributed by atoms with E-state index in [1.807, 2.05) is 24.3 Å². The van der Waals surface area contributed by atoms with Gasteiger partial charge in [0.25, 0.3) is 0 Å². The number of likely N-dealkylation sites (N-methyl/N-ethyl adjacent to an activating group) is 1. The van der Waals surface area contributed by atoms with Crippen LogP contribution in [0.1, 0.15) is 17.4 Å². The maximum Gasteiger partial charge on any atom is 0.248 e. The summed E-state index contributed by atoms with van der Waals surface area (Å²) in [6.45, 7) is 9.77. The first kappa shape index (κ1) is 19.1. The Kier molecular flexibility index (Phi) is 6.51. The fourth-order valence-corrected chi connectivity index (χ4v) is 4.48. The number of halogens is 1. The number of amides is 1. The average Bonchev–Trinajstić information content (AvgIpc) is 3.06. The second kappa shape index (κ2) is 8.84. The van der Waals surface area contributed by atoms with Crippen molar-refractivity contribution in [1.82, 2.24) is 4.90 Å². The summed E-state index contributed by atoms with van der Waals surface area (Å²) in [5.41, 5.74) is 3.29. The highest BCUT2D eigenvalue weighted by molar-refractivity contribution is 9.11. The van der Waals surface area contributed by atoms with E-state index in [-0.39, 0.29) is 5.91 Å². The third kappa shape index (κ3) is 4.96. The van der Waals surface area contributed by atoms with Gasteiger partial charge in [0.05, 0.1) is 3.79 Å². The molecule has 1 aromatic carbocycles. The highest BCUT2D eigenvalue weighted by Gasteiger charge is 2.17. The van der Waals surface area contributed by atoms with Crippen molar-refractivity contribution in [2.75, 3.05) is 42.9 Å². The van der Waals surface area contributed by atoms with Gasteiger partial charge >= 0.3 is 0 Å². The van der Waals surface area contributed by atoms with Gasteiger partial charge in [-0.25, -0.2) is 0 Å². The Morgan fingerprint density at radius 3 is 2.62 bits per heavy atom. The van der Waals surface area contributed by atoms with E-state index in [2.05, 4.69) is 57.0 Å². The number of hydrogen-bond acceptors (Lipinski definition) is 4. The second-order valence-electron chi connectivity index (χ2n) is 6.39. The van der Waals surface area contributed by atoms with Crippen LogP contribution in [0, 0.1) is 6.92 Å². The topological polar surface area (TPSA) is 35.6 Å². The Morgan fingerprint density at radius 2 is 2.00 bits per heavy atom. The van der Waals surface area contributed by atoms with Gasteiger partial charge in [-0.3, -0.25) is 4.79 Å². The maximum atomic E-state index is 12.1. The molecular formula is C20H24BrN3OS. The van der Waals surface area contributed by atoms with Crippen molar-refractivity contribution in [3.05, 3.63) is 50.6 Å². The van der Waals surface area contributed by atoms with Gasteiger partial charge in [-0.1, -0.05) is 6.92 Å².